The Bertz CT molecular complexity index is 1280. The zero-order valence-electron chi connectivity index (χ0n) is 20.6. The molecule has 0 saturated carbocycles. The molecule has 182 valence electrons. The first-order chi connectivity index (χ1) is 16.9. The number of para-hydroxylation sites is 1. The lowest BCUT2D eigenvalue weighted by atomic mass is 9.99. The summed E-state index contributed by atoms with van der Waals surface area (Å²) in [7, 11) is 0. The van der Waals surface area contributed by atoms with E-state index in [2.05, 4.69) is 30.5 Å². The highest BCUT2D eigenvalue weighted by Gasteiger charge is 2.33. The average Bonchev–Trinajstić information content (AvgIpc) is 3.21. The number of carbonyl (C=O) groups is 1. The number of hydrogen-bond acceptors (Lipinski definition) is 3. The third-order valence-corrected chi connectivity index (χ3v) is 6.63. The van der Waals surface area contributed by atoms with Crippen LogP contribution in [0.4, 0.5) is 0 Å². The van der Waals surface area contributed by atoms with Gasteiger partial charge in [-0.05, 0) is 55.6 Å². The lowest BCUT2D eigenvalue weighted by Gasteiger charge is -2.34. The molecule has 0 saturated heterocycles. The van der Waals surface area contributed by atoms with Crippen molar-refractivity contribution in [2.75, 3.05) is 13.1 Å². The van der Waals surface area contributed by atoms with Gasteiger partial charge in [0.2, 0.25) is 0 Å². The molecule has 5 nitrogen and oxygen atoms in total. The molecule has 3 aromatic carbocycles. The van der Waals surface area contributed by atoms with Crippen LogP contribution in [0.1, 0.15) is 53.6 Å². The number of benzene rings is 3. The van der Waals surface area contributed by atoms with Crippen molar-refractivity contribution in [2.45, 2.75) is 39.8 Å². The lowest BCUT2D eigenvalue weighted by Crippen LogP contribution is -2.40. The molecule has 2 N–H and O–H groups in total. The Morgan fingerprint density at radius 2 is 1.74 bits per heavy atom. The summed E-state index contributed by atoms with van der Waals surface area (Å²) in [6.07, 6.45) is 0.709. The molecule has 1 amide bonds. The van der Waals surface area contributed by atoms with E-state index in [4.69, 9.17) is 22.3 Å². The van der Waals surface area contributed by atoms with Crippen LogP contribution in [0.3, 0.4) is 0 Å². The van der Waals surface area contributed by atoms with Gasteiger partial charge in [-0.1, -0.05) is 79.5 Å². The Kier molecular flexibility index (Phi) is 7.89. The maximum absolute atomic E-state index is 13.9. The maximum Gasteiger partial charge on any atom is 0.254 e. The largest absolute Gasteiger partial charge is 0.330 e. The van der Waals surface area contributed by atoms with Gasteiger partial charge in [-0.2, -0.15) is 0 Å². The molecular weight excluding hydrogens is 456 g/mol. The Hall–Kier alpha value is -3.15. The monoisotopic (exact) mass is 488 g/mol. The van der Waals surface area contributed by atoms with E-state index < -0.39 is 0 Å². The molecule has 0 bridgehead atoms. The minimum atomic E-state index is -0.248. The standard InChI is InChI=1S/C29H33ClN4O/c1-20(2)26(33(18-8-17-31)29(35)23-15-13-21(3)14-16-23)28-32-25-12-7-11-24(30)27(25)34(28)19-22-9-5-4-6-10-22/h4-7,9-16,20,26H,8,17-19,31H2,1-3H3. The first kappa shape index (κ1) is 25.0. The van der Waals surface area contributed by atoms with Gasteiger partial charge < -0.3 is 15.2 Å². The van der Waals surface area contributed by atoms with Crippen molar-refractivity contribution in [1.29, 1.82) is 0 Å². The third kappa shape index (κ3) is 5.42. The Labute approximate surface area is 212 Å². The number of halogens is 1. The summed E-state index contributed by atoms with van der Waals surface area (Å²) in [5.41, 5.74) is 10.5. The van der Waals surface area contributed by atoms with E-state index in [-0.39, 0.29) is 17.9 Å². The van der Waals surface area contributed by atoms with Gasteiger partial charge in [-0.15, -0.1) is 0 Å². The number of aryl methyl sites for hydroxylation is 1. The van der Waals surface area contributed by atoms with E-state index in [1.807, 2.05) is 72.5 Å². The first-order valence-electron chi connectivity index (χ1n) is 12.2. The van der Waals surface area contributed by atoms with Crippen LogP contribution in [0.15, 0.2) is 72.8 Å². The smallest absolute Gasteiger partial charge is 0.254 e. The van der Waals surface area contributed by atoms with Gasteiger partial charge >= 0.3 is 0 Å². The second kappa shape index (κ2) is 11.1. The summed E-state index contributed by atoms with van der Waals surface area (Å²) in [6.45, 7) is 7.96. The molecule has 0 aliphatic rings. The van der Waals surface area contributed by atoms with Crippen molar-refractivity contribution >= 4 is 28.5 Å². The minimum absolute atomic E-state index is 0.0124. The Balaban J connectivity index is 1.87. The first-order valence-corrected chi connectivity index (χ1v) is 12.5. The van der Waals surface area contributed by atoms with Gasteiger partial charge in [-0.25, -0.2) is 4.98 Å². The second-order valence-corrected chi connectivity index (χ2v) is 9.75. The van der Waals surface area contributed by atoms with E-state index in [0.717, 1.165) is 28.0 Å². The van der Waals surface area contributed by atoms with Crippen LogP contribution in [0.2, 0.25) is 5.02 Å². The molecule has 1 atom stereocenters. The van der Waals surface area contributed by atoms with Crippen LogP contribution in [0, 0.1) is 12.8 Å². The van der Waals surface area contributed by atoms with Gasteiger partial charge in [0.1, 0.15) is 5.82 Å². The fourth-order valence-corrected chi connectivity index (χ4v) is 4.87. The number of aromatic nitrogens is 2. The van der Waals surface area contributed by atoms with Gasteiger partial charge in [0.25, 0.3) is 5.91 Å². The molecule has 1 aromatic heterocycles. The van der Waals surface area contributed by atoms with Crippen LogP contribution in [0.5, 0.6) is 0 Å². The number of fused-ring (bicyclic) bond motifs is 1. The van der Waals surface area contributed by atoms with Crippen LogP contribution in [-0.2, 0) is 6.54 Å². The normalized spacial score (nSPS) is 12.3. The van der Waals surface area contributed by atoms with E-state index in [0.29, 0.717) is 36.6 Å². The van der Waals surface area contributed by atoms with E-state index in [1.54, 1.807) is 0 Å². The molecule has 1 heterocycles. The third-order valence-electron chi connectivity index (χ3n) is 6.32. The number of carbonyl (C=O) groups excluding carboxylic acids is 1. The molecule has 0 aliphatic carbocycles. The van der Waals surface area contributed by atoms with Gasteiger partial charge in [0.05, 0.1) is 22.1 Å². The van der Waals surface area contributed by atoms with Crippen molar-refractivity contribution in [3.8, 4) is 0 Å². The second-order valence-electron chi connectivity index (χ2n) is 9.34. The average molecular weight is 489 g/mol. The summed E-state index contributed by atoms with van der Waals surface area (Å²) < 4.78 is 2.18. The van der Waals surface area contributed by atoms with Crippen molar-refractivity contribution in [3.05, 3.63) is 100 Å². The molecule has 6 heteroatoms. The molecular formula is C29H33ClN4O. The molecule has 0 spiro atoms. The molecule has 4 rings (SSSR count). The summed E-state index contributed by atoms with van der Waals surface area (Å²) in [6, 6.07) is 23.6. The molecule has 35 heavy (non-hydrogen) atoms. The van der Waals surface area contributed by atoms with E-state index >= 15 is 0 Å². The highest BCUT2D eigenvalue weighted by atomic mass is 35.5. The van der Waals surface area contributed by atoms with Crippen molar-refractivity contribution in [2.24, 2.45) is 11.7 Å². The molecule has 0 radical (unpaired) electrons. The zero-order valence-corrected chi connectivity index (χ0v) is 21.4. The van der Waals surface area contributed by atoms with Crippen molar-refractivity contribution in [1.82, 2.24) is 14.5 Å². The summed E-state index contributed by atoms with van der Waals surface area (Å²) in [4.78, 5) is 20.9. The maximum atomic E-state index is 13.9. The van der Waals surface area contributed by atoms with E-state index in [9.17, 15) is 4.79 Å². The number of hydrogen-bond donors (Lipinski definition) is 1. The lowest BCUT2D eigenvalue weighted by molar-refractivity contribution is 0.0605. The minimum Gasteiger partial charge on any atom is -0.330 e. The molecule has 0 aliphatic heterocycles. The van der Waals surface area contributed by atoms with Crippen molar-refractivity contribution in [3.63, 3.8) is 0 Å². The Morgan fingerprint density at radius 3 is 2.40 bits per heavy atom. The number of amides is 1. The molecule has 0 fully saturated rings. The number of imidazole rings is 1. The highest BCUT2D eigenvalue weighted by molar-refractivity contribution is 6.35. The number of rotatable bonds is 9. The fraction of sp³-hybridized carbons (Fsp3) is 0.310. The highest BCUT2D eigenvalue weighted by Crippen LogP contribution is 2.35. The summed E-state index contributed by atoms with van der Waals surface area (Å²) >= 11 is 6.70. The topological polar surface area (TPSA) is 64.2 Å². The summed E-state index contributed by atoms with van der Waals surface area (Å²) in [5, 5.41) is 0.651. The summed E-state index contributed by atoms with van der Waals surface area (Å²) in [5.74, 6) is 0.943. The predicted octanol–water partition coefficient (Wildman–Crippen LogP) is 6.23. The van der Waals surface area contributed by atoms with E-state index in [1.165, 1.54) is 0 Å². The predicted molar refractivity (Wildman–Crippen MR) is 144 cm³/mol. The number of nitrogens with zero attached hydrogens (tertiary/aromatic N) is 3. The SMILES string of the molecule is Cc1ccc(C(=O)N(CCCN)C(c2nc3cccc(Cl)c3n2Cc2ccccc2)C(C)C)cc1. The van der Waals surface area contributed by atoms with Crippen molar-refractivity contribution < 1.29 is 4.79 Å². The van der Waals surface area contributed by atoms with Crippen LogP contribution in [-0.4, -0.2) is 33.4 Å². The fourth-order valence-electron chi connectivity index (χ4n) is 4.60. The van der Waals surface area contributed by atoms with Crippen LogP contribution >= 0.6 is 11.6 Å². The zero-order chi connectivity index (χ0) is 24.9. The molecule has 1 unspecified atom stereocenters. The van der Waals surface area contributed by atoms with Gasteiger partial charge in [0, 0.05) is 18.7 Å². The molecule has 4 aromatic rings. The number of nitrogens with two attached hydrogens (primary N) is 1. The van der Waals surface area contributed by atoms with Crippen LogP contribution < -0.4 is 5.73 Å². The van der Waals surface area contributed by atoms with Gasteiger partial charge in [0.15, 0.2) is 0 Å². The van der Waals surface area contributed by atoms with Crippen LogP contribution in [0.25, 0.3) is 11.0 Å². The quantitative estimate of drug-likeness (QED) is 0.303. The Morgan fingerprint density at radius 1 is 1.03 bits per heavy atom. The van der Waals surface area contributed by atoms with Gasteiger partial charge in [-0.3, -0.25) is 4.79 Å².